The Hall–Kier alpha value is -1.87. The summed E-state index contributed by atoms with van der Waals surface area (Å²) >= 11 is 5.85. The van der Waals surface area contributed by atoms with Crippen LogP contribution in [0.15, 0.2) is 48.8 Å². The van der Waals surface area contributed by atoms with Gasteiger partial charge in [-0.2, -0.15) is 5.10 Å². The third-order valence-electron chi connectivity index (χ3n) is 2.42. The van der Waals surface area contributed by atoms with Crippen LogP contribution < -0.4 is 0 Å². The average molecular weight is 230 g/mol. The maximum Gasteiger partial charge on any atom is 0.154 e. The summed E-state index contributed by atoms with van der Waals surface area (Å²) in [6.07, 6.45) is 3.56. The number of hydrogen-bond acceptors (Lipinski definition) is 2. The first-order valence-corrected chi connectivity index (χ1v) is 5.27. The van der Waals surface area contributed by atoms with E-state index in [4.69, 9.17) is 11.6 Å². The van der Waals surface area contributed by atoms with Crippen LogP contribution in [-0.4, -0.2) is 14.6 Å². The molecule has 3 aromatic rings. The number of hydrogen-bond donors (Lipinski definition) is 0. The lowest BCUT2D eigenvalue weighted by molar-refractivity contribution is 0.943. The Morgan fingerprint density at radius 2 is 1.88 bits per heavy atom. The highest BCUT2D eigenvalue weighted by atomic mass is 35.5. The molecule has 0 atom stereocenters. The molecule has 78 valence electrons. The van der Waals surface area contributed by atoms with Gasteiger partial charge >= 0.3 is 0 Å². The van der Waals surface area contributed by atoms with Gasteiger partial charge in [0.15, 0.2) is 5.65 Å². The molecule has 0 amide bonds. The van der Waals surface area contributed by atoms with Gasteiger partial charge in [0.1, 0.15) is 0 Å². The standard InChI is InChI=1S/C12H8ClN3/c13-10-5-3-9(4-6-10)11-8-14-12-2-1-7-15-16(11)12/h1-8H. The van der Waals surface area contributed by atoms with E-state index < -0.39 is 0 Å². The molecule has 3 rings (SSSR count). The van der Waals surface area contributed by atoms with Crippen LogP contribution in [0.4, 0.5) is 0 Å². The number of rotatable bonds is 1. The maximum atomic E-state index is 5.85. The van der Waals surface area contributed by atoms with Gasteiger partial charge in [-0.3, -0.25) is 0 Å². The molecule has 0 N–H and O–H groups in total. The van der Waals surface area contributed by atoms with Gasteiger partial charge in [-0.05, 0) is 24.3 Å². The number of benzene rings is 1. The third-order valence-corrected chi connectivity index (χ3v) is 2.67. The Morgan fingerprint density at radius 1 is 1.06 bits per heavy atom. The van der Waals surface area contributed by atoms with Crippen molar-refractivity contribution in [3.63, 3.8) is 0 Å². The van der Waals surface area contributed by atoms with Gasteiger partial charge in [0.2, 0.25) is 0 Å². The zero-order chi connectivity index (χ0) is 11.0. The van der Waals surface area contributed by atoms with Crippen molar-refractivity contribution in [3.05, 3.63) is 53.8 Å². The zero-order valence-electron chi connectivity index (χ0n) is 8.34. The van der Waals surface area contributed by atoms with Crippen LogP contribution in [-0.2, 0) is 0 Å². The molecule has 4 heteroatoms. The second-order valence-corrected chi connectivity index (χ2v) is 3.88. The number of nitrogens with zero attached hydrogens (tertiary/aromatic N) is 3. The fourth-order valence-corrected chi connectivity index (χ4v) is 1.77. The van der Waals surface area contributed by atoms with E-state index >= 15 is 0 Å². The molecule has 0 saturated carbocycles. The average Bonchev–Trinajstić information content (AvgIpc) is 2.74. The number of imidazole rings is 1. The van der Waals surface area contributed by atoms with Crippen LogP contribution in [0, 0.1) is 0 Å². The van der Waals surface area contributed by atoms with Gasteiger partial charge in [-0.1, -0.05) is 23.7 Å². The minimum Gasteiger partial charge on any atom is -0.235 e. The molecule has 0 bridgehead atoms. The molecule has 1 aromatic carbocycles. The van der Waals surface area contributed by atoms with Crippen LogP contribution in [0.2, 0.25) is 5.02 Å². The molecule has 3 nitrogen and oxygen atoms in total. The van der Waals surface area contributed by atoms with Crippen LogP contribution in [0.25, 0.3) is 16.9 Å². The zero-order valence-corrected chi connectivity index (χ0v) is 9.09. The fourth-order valence-electron chi connectivity index (χ4n) is 1.65. The van der Waals surface area contributed by atoms with Crippen molar-refractivity contribution < 1.29 is 0 Å². The summed E-state index contributed by atoms with van der Waals surface area (Å²) < 4.78 is 1.81. The number of aromatic nitrogens is 3. The van der Waals surface area contributed by atoms with Gasteiger partial charge in [0.05, 0.1) is 11.9 Å². The summed E-state index contributed by atoms with van der Waals surface area (Å²) in [6.45, 7) is 0. The summed E-state index contributed by atoms with van der Waals surface area (Å²) in [5.74, 6) is 0. The Bertz CT molecular complexity index is 628. The van der Waals surface area contributed by atoms with Gasteiger partial charge in [0, 0.05) is 16.8 Å². The minimum atomic E-state index is 0.727. The fraction of sp³-hybridized carbons (Fsp3) is 0. The Morgan fingerprint density at radius 3 is 2.69 bits per heavy atom. The summed E-state index contributed by atoms with van der Waals surface area (Å²) in [5, 5.41) is 4.99. The smallest absolute Gasteiger partial charge is 0.154 e. The van der Waals surface area contributed by atoms with Crippen LogP contribution in [0.5, 0.6) is 0 Å². The monoisotopic (exact) mass is 229 g/mol. The molecular weight excluding hydrogens is 222 g/mol. The van der Waals surface area contributed by atoms with Crippen molar-refractivity contribution >= 4 is 17.2 Å². The molecule has 0 spiro atoms. The topological polar surface area (TPSA) is 30.2 Å². The van der Waals surface area contributed by atoms with Crippen LogP contribution in [0.3, 0.4) is 0 Å². The van der Waals surface area contributed by atoms with E-state index in [0.29, 0.717) is 0 Å². The molecule has 0 saturated heterocycles. The Balaban J connectivity index is 2.22. The van der Waals surface area contributed by atoms with Crippen molar-refractivity contribution in [1.29, 1.82) is 0 Å². The van der Waals surface area contributed by atoms with Gasteiger partial charge < -0.3 is 0 Å². The molecule has 0 fully saturated rings. The molecule has 16 heavy (non-hydrogen) atoms. The summed E-state index contributed by atoms with van der Waals surface area (Å²) in [7, 11) is 0. The van der Waals surface area contributed by atoms with E-state index in [9.17, 15) is 0 Å². The quantitative estimate of drug-likeness (QED) is 0.642. The second-order valence-electron chi connectivity index (χ2n) is 3.44. The molecule has 0 aliphatic rings. The van der Waals surface area contributed by atoms with E-state index in [0.717, 1.165) is 21.9 Å². The third kappa shape index (κ3) is 1.46. The normalized spacial score (nSPS) is 10.8. The Kier molecular flexibility index (Phi) is 2.11. The Labute approximate surface area is 97.3 Å². The lowest BCUT2D eigenvalue weighted by Gasteiger charge is -2.00. The van der Waals surface area contributed by atoms with Crippen molar-refractivity contribution in [2.24, 2.45) is 0 Å². The summed E-state index contributed by atoms with van der Waals surface area (Å²) in [5.41, 5.74) is 2.86. The van der Waals surface area contributed by atoms with E-state index in [1.807, 2.05) is 47.1 Å². The lowest BCUT2D eigenvalue weighted by atomic mass is 10.2. The SMILES string of the molecule is Clc1ccc(-c2cnc3cccnn23)cc1. The first-order chi connectivity index (χ1) is 7.84. The number of fused-ring (bicyclic) bond motifs is 1. The molecule has 0 aliphatic carbocycles. The lowest BCUT2D eigenvalue weighted by Crippen LogP contribution is -1.92. The van der Waals surface area contributed by atoms with E-state index in [2.05, 4.69) is 10.1 Å². The largest absolute Gasteiger partial charge is 0.235 e. The van der Waals surface area contributed by atoms with Crippen molar-refractivity contribution in [1.82, 2.24) is 14.6 Å². The molecule has 0 aliphatic heterocycles. The molecular formula is C12H8ClN3. The van der Waals surface area contributed by atoms with E-state index in [-0.39, 0.29) is 0 Å². The highest BCUT2D eigenvalue weighted by Crippen LogP contribution is 2.21. The van der Waals surface area contributed by atoms with Gasteiger partial charge in [0.25, 0.3) is 0 Å². The van der Waals surface area contributed by atoms with Gasteiger partial charge in [-0.25, -0.2) is 9.50 Å². The summed E-state index contributed by atoms with van der Waals surface area (Å²) in [6, 6.07) is 11.4. The molecule has 2 heterocycles. The maximum absolute atomic E-state index is 5.85. The van der Waals surface area contributed by atoms with Crippen molar-refractivity contribution in [2.75, 3.05) is 0 Å². The molecule has 0 unspecified atom stereocenters. The first kappa shape index (κ1) is 9.36. The molecule has 0 radical (unpaired) electrons. The van der Waals surface area contributed by atoms with E-state index in [1.165, 1.54) is 0 Å². The highest BCUT2D eigenvalue weighted by molar-refractivity contribution is 6.30. The minimum absolute atomic E-state index is 0.727. The van der Waals surface area contributed by atoms with E-state index in [1.54, 1.807) is 6.20 Å². The first-order valence-electron chi connectivity index (χ1n) is 4.89. The van der Waals surface area contributed by atoms with Crippen LogP contribution in [0.1, 0.15) is 0 Å². The van der Waals surface area contributed by atoms with Gasteiger partial charge in [-0.15, -0.1) is 0 Å². The second kappa shape index (κ2) is 3.61. The van der Waals surface area contributed by atoms with Crippen molar-refractivity contribution in [3.8, 4) is 11.3 Å². The predicted octanol–water partition coefficient (Wildman–Crippen LogP) is 3.05. The van der Waals surface area contributed by atoms with Crippen LogP contribution >= 0.6 is 11.6 Å². The number of halogens is 1. The highest BCUT2D eigenvalue weighted by Gasteiger charge is 2.05. The van der Waals surface area contributed by atoms with Crippen molar-refractivity contribution in [2.45, 2.75) is 0 Å². The molecule has 2 aromatic heterocycles. The predicted molar refractivity (Wildman–Crippen MR) is 63.4 cm³/mol. The summed E-state index contributed by atoms with van der Waals surface area (Å²) in [4.78, 5) is 4.28.